The molecule has 27 heavy (non-hydrogen) atoms. The number of nitrogens with zero attached hydrogens (tertiary/aromatic N) is 2. The van der Waals surface area contributed by atoms with Gasteiger partial charge in [-0.2, -0.15) is 0 Å². The van der Waals surface area contributed by atoms with Crippen molar-refractivity contribution in [2.45, 2.75) is 6.54 Å². The smallest absolute Gasteiger partial charge is 0.288 e. The van der Waals surface area contributed by atoms with Gasteiger partial charge in [0.1, 0.15) is 5.02 Å². The minimum Gasteiger partial charge on any atom is -0.348 e. The summed E-state index contributed by atoms with van der Waals surface area (Å²) in [6, 6.07) is 11.2. The maximum atomic E-state index is 11.9. The molecule has 0 aliphatic heterocycles. The Morgan fingerprint density at radius 2 is 1.85 bits per heavy atom. The van der Waals surface area contributed by atoms with Gasteiger partial charge in [0.2, 0.25) is 5.91 Å². The van der Waals surface area contributed by atoms with Crippen LogP contribution in [0.3, 0.4) is 0 Å². The van der Waals surface area contributed by atoms with Crippen molar-refractivity contribution in [3.8, 4) is 0 Å². The molecule has 7 nitrogen and oxygen atoms in total. The molecule has 0 aliphatic carbocycles. The molecule has 0 saturated carbocycles. The molecule has 0 fully saturated rings. The second-order valence-electron chi connectivity index (χ2n) is 5.92. The molecule has 0 aromatic heterocycles. The largest absolute Gasteiger partial charge is 0.348 e. The number of amides is 2. The van der Waals surface area contributed by atoms with Gasteiger partial charge in [0, 0.05) is 38.3 Å². The Kier molecular flexibility index (Phi) is 6.67. The molecule has 2 amide bonds. The fourth-order valence-electron chi connectivity index (χ4n) is 2.22. The summed E-state index contributed by atoms with van der Waals surface area (Å²) in [7, 11) is 3.36. The van der Waals surface area contributed by atoms with Gasteiger partial charge in [0.25, 0.3) is 11.6 Å². The van der Waals surface area contributed by atoms with Crippen LogP contribution in [-0.2, 0) is 11.3 Å². The third kappa shape index (κ3) is 5.65. The molecule has 0 aliphatic rings. The van der Waals surface area contributed by atoms with Crippen molar-refractivity contribution in [1.29, 1.82) is 0 Å². The number of hydrogen-bond acceptors (Lipinski definition) is 4. The summed E-state index contributed by atoms with van der Waals surface area (Å²) in [4.78, 5) is 35.5. The number of nitrogens with one attached hydrogen (secondary N) is 1. The standard InChI is InChI=1S/C19H18ClN3O4/c1-22(2)19(25)15-7-3-14(4-8-15)12-21-18(24)10-6-13-5-9-16(20)17(11-13)23(26)27/h3-11H,12H2,1-2H3,(H,21,24)/b10-6+. The van der Waals surface area contributed by atoms with Gasteiger partial charge in [0.15, 0.2) is 0 Å². The number of nitro benzene ring substituents is 1. The number of carbonyl (C=O) groups is 2. The highest BCUT2D eigenvalue weighted by atomic mass is 35.5. The van der Waals surface area contributed by atoms with Crippen molar-refractivity contribution in [3.05, 3.63) is 80.4 Å². The highest BCUT2D eigenvalue weighted by Gasteiger charge is 2.11. The first-order chi connectivity index (χ1) is 12.8. The van der Waals surface area contributed by atoms with E-state index in [2.05, 4.69) is 5.32 Å². The number of hydrogen-bond donors (Lipinski definition) is 1. The lowest BCUT2D eigenvalue weighted by molar-refractivity contribution is -0.384. The van der Waals surface area contributed by atoms with E-state index in [9.17, 15) is 19.7 Å². The Hall–Kier alpha value is -3.19. The van der Waals surface area contributed by atoms with Crippen molar-refractivity contribution in [3.63, 3.8) is 0 Å². The van der Waals surface area contributed by atoms with E-state index in [1.54, 1.807) is 44.4 Å². The van der Waals surface area contributed by atoms with Crippen LogP contribution in [0, 0.1) is 10.1 Å². The summed E-state index contributed by atoms with van der Waals surface area (Å²) >= 11 is 5.75. The number of halogens is 1. The highest BCUT2D eigenvalue weighted by molar-refractivity contribution is 6.32. The summed E-state index contributed by atoms with van der Waals surface area (Å²) < 4.78 is 0. The Labute approximate surface area is 161 Å². The molecular weight excluding hydrogens is 370 g/mol. The summed E-state index contributed by atoms with van der Waals surface area (Å²) in [5.74, 6) is -0.438. The molecule has 0 saturated heterocycles. The first-order valence-corrected chi connectivity index (χ1v) is 8.36. The number of nitro groups is 1. The quantitative estimate of drug-likeness (QED) is 0.467. The van der Waals surface area contributed by atoms with Crippen molar-refractivity contribution >= 4 is 35.2 Å². The van der Waals surface area contributed by atoms with E-state index in [1.807, 2.05) is 0 Å². The molecule has 0 radical (unpaired) electrons. The normalized spacial score (nSPS) is 10.6. The molecule has 140 valence electrons. The first-order valence-electron chi connectivity index (χ1n) is 7.98. The maximum absolute atomic E-state index is 11.9. The molecule has 0 unspecified atom stereocenters. The van der Waals surface area contributed by atoms with Crippen molar-refractivity contribution in [1.82, 2.24) is 10.2 Å². The lowest BCUT2D eigenvalue weighted by Gasteiger charge is -2.10. The maximum Gasteiger partial charge on any atom is 0.288 e. The monoisotopic (exact) mass is 387 g/mol. The average Bonchev–Trinajstić information content (AvgIpc) is 2.65. The van der Waals surface area contributed by atoms with E-state index in [0.29, 0.717) is 17.7 Å². The molecule has 2 aromatic carbocycles. The molecule has 1 N–H and O–H groups in total. The van der Waals surface area contributed by atoms with E-state index < -0.39 is 4.92 Å². The van der Waals surface area contributed by atoms with E-state index in [0.717, 1.165) is 5.56 Å². The molecule has 0 heterocycles. The Bertz CT molecular complexity index is 892. The lowest BCUT2D eigenvalue weighted by Crippen LogP contribution is -2.22. The van der Waals surface area contributed by atoms with Gasteiger partial charge in [-0.15, -0.1) is 0 Å². The molecular formula is C19H18ClN3O4. The van der Waals surface area contributed by atoms with E-state index in [-0.39, 0.29) is 22.5 Å². The minimum absolute atomic E-state index is 0.0396. The third-order valence-electron chi connectivity index (χ3n) is 3.67. The van der Waals surface area contributed by atoms with E-state index >= 15 is 0 Å². The topological polar surface area (TPSA) is 92.6 Å². The van der Waals surface area contributed by atoms with Crippen LogP contribution in [0.25, 0.3) is 6.08 Å². The van der Waals surface area contributed by atoms with Gasteiger partial charge in [-0.05, 0) is 35.4 Å². The first kappa shape index (κ1) is 20.1. The zero-order valence-electron chi connectivity index (χ0n) is 14.8. The predicted molar refractivity (Wildman–Crippen MR) is 103 cm³/mol. The zero-order chi connectivity index (χ0) is 20.0. The van der Waals surface area contributed by atoms with Crippen LogP contribution in [-0.4, -0.2) is 35.7 Å². The molecule has 0 atom stereocenters. The van der Waals surface area contributed by atoms with Crippen LogP contribution in [0.1, 0.15) is 21.5 Å². The zero-order valence-corrected chi connectivity index (χ0v) is 15.6. The summed E-state index contributed by atoms with van der Waals surface area (Å²) in [6.45, 7) is 0.292. The number of rotatable bonds is 6. The molecule has 8 heteroatoms. The summed E-state index contributed by atoms with van der Waals surface area (Å²) in [6.07, 6.45) is 2.76. The van der Waals surface area contributed by atoms with Crippen LogP contribution >= 0.6 is 11.6 Å². The predicted octanol–water partition coefficient (Wildman–Crippen LogP) is 3.28. The SMILES string of the molecule is CN(C)C(=O)c1ccc(CNC(=O)/C=C/c2ccc(Cl)c([N+](=O)[O-])c2)cc1. The van der Waals surface area contributed by atoms with E-state index in [1.165, 1.54) is 29.2 Å². The molecule has 2 aromatic rings. The van der Waals surface area contributed by atoms with Gasteiger partial charge in [-0.25, -0.2) is 0 Å². The Balaban J connectivity index is 1.94. The molecule has 0 spiro atoms. The highest BCUT2D eigenvalue weighted by Crippen LogP contribution is 2.25. The van der Waals surface area contributed by atoms with Crippen LogP contribution in [0.4, 0.5) is 5.69 Å². The van der Waals surface area contributed by atoms with E-state index in [4.69, 9.17) is 11.6 Å². The van der Waals surface area contributed by atoms with Gasteiger partial charge in [-0.1, -0.05) is 29.8 Å². The third-order valence-corrected chi connectivity index (χ3v) is 3.99. The number of benzene rings is 2. The van der Waals surface area contributed by atoms with Gasteiger partial charge in [0.05, 0.1) is 4.92 Å². The van der Waals surface area contributed by atoms with Crippen molar-refractivity contribution in [2.75, 3.05) is 14.1 Å². The fourth-order valence-corrected chi connectivity index (χ4v) is 2.40. The van der Waals surface area contributed by atoms with Crippen LogP contribution in [0.2, 0.25) is 5.02 Å². The molecule has 0 bridgehead atoms. The van der Waals surface area contributed by atoms with Crippen molar-refractivity contribution in [2.24, 2.45) is 0 Å². The van der Waals surface area contributed by atoms with Crippen molar-refractivity contribution < 1.29 is 14.5 Å². The average molecular weight is 388 g/mol. The molecule has 2 rings (SSSR count). The van der Waals surface area contributed by atoms with Crippen LogP contribution in [0.15, 0.2) is 48.5 Å². The summed E-state index contributed by atoms with van der Waals surface area (Å²) in [5.41, 5.74) is 1.69. The lowest BCUT2D eigenvalue weighted by atomic mass is 10.1. The van der Waals surface area contributed by atoms with Crippen LogP contribution in [0.5, 0.6) is 0 Å². The summed E-state index contributed by atoms with van der Waals surface area (Å²) in [5, 5.41) is 13.6. The van der Waals surface area contributed by atoms with Gasteiger partial charge < -0.3 is 10.2 Å². The Morgan fingerprint density at radius 3 is 2.44 bits per heavy atom. The second-order valence-corrected chi connectivity index (χ2v) is 6.32. The number of carbonyl (C=O) groups excluding carboxylic acids is 2. The fraction of sp³-hybridized carbons (Fsp3) is 0.158. The second kappa shape index (κ2) is 8.95. The van der Waals surface area contributed by atoms with Gasteiger partial charge in [-0.3, -0.25) is 19.7 Å². The van der Waals surface area contributed by atoms with Crippen LogP contribution < -0.4 is 5.32 Å². The minimum atomic E-state index is -0.579. The van der Waals surface area contributed by atoms with Gasteiger partial charge >= 0.3 is 0 Å². The Morgan fingerprint density at radius 1 is 1.19 bits per heavy atom.